The Balaban J connectivity index is 1.65. The van der Waals surface area contributed by atoms with E-state index in [1.54, 1.807) is 12.5 Å². The first-order valence-electron chi connectivity index (χ1n) is 5.68. The van der Waals surface area contributed by atoms with E-state index in [0.29, 0.717) is 0 Å². The summed E-state index contributed by atoms with van der Waals surface area (Å²) < 4.78 is 0. The molecule has 1 saturated heterocycles. The highest BCUT2D eigenvalue weighted by molar-refractivity contribution is 5.46. The number of H-pyrrole nitrogens is 1. The molecule has 0 spiro atoms. The maximum absolute atomic E-state index is 4.27. The predicted molar refractivity (Wildman–Crippen MR) is 65.0 cm³/mol. The lowest BCUT2D eigenvalue weighted by molar-refractivity contribution is 0.647. The van der Waals surface area contributed by atoms with Crippen molar-refractivity contribution in [2.75, 3.05) is 36.0 Å². The summed E-state index contributed by atoms with van der Waals surface area (Å²) in [6.07, 6.45) is 7.17. The molecule has 1 aliphatic rings. The molecule has 2 aromatic heterocycles. The predicted octanol–water partition coefficient (Wildman–Crippen LogP) is 0.526. The van der Waals surface area contributed by atoms with E-state index < -0.39 is 0 Å². The molecule has 2 aromatic rings. The third-order valence-electron chi connectivity index (χ3n) is 3.02. The second kappa shape index (κ2) is 4.40. The molecule has 6 nitrogen and oxygen atoms in total. The van der Waals surface area contributed by atoms with Gasteiger partial charge in [-0.1, -0.05) is 0 Å². The molecule has 1 fully saturated rings. The lowest BCUT2D eigenvalue weighted by atomic mass is 10.3. The molecule has 1 N–H and O–H groups in total. The first-order valence-corrected chi connectivity index (χ1v) is 5.68. The lowest BCUT2D eigenvalue weighted by Crippen LogP contribution is -2.46. The van der Waals surface area contributed by atoms with Crippen LogP contribution in [-0.2, 0) is 0 Å². The molecule has 0 saturated carbocycles. The van der Waals surface area contributed by atoms with Gasteiger partial charge in [-0.2, -0.15) is 5.10 Å². The Bertz CT molecular complexity index is 446. The number of anilines is 2. The summed E-state index contributed by atoms with van der Waals surface area (Å²) >= 11 is 0. The van der Waals surface area contributed by atoms with Gasteiger partial charge in [0.2, 0.25) is 0 Å². The smallest absolute Gasteiger partial charge is 0.132 e. The fraction of sp³-hybridized carbons (Fsp3) is 0.364. The summed E-state index contributed by atoms with van der Waals surface area (Å²) in [4.78, 5) is 12.8. The number of hydrogen-bond donors (Lipinski definition) is 1. The van der Waals surface area contributed by atoms with E-state index in [2.05, 4.69) is 30.0 Å². The van der Waals surface area contributed by atoms with Crippen LogP contribution in [-0.4, -0.2) is 46.3 Å². The Hall–Kier alpha value is -2.11. The summed E-state index contributed by atoms with van der Waals surface area (Å²) in [5.41, 5.74) is 1.16. The largest absolute Gasteiger partial charge is 0.365 e. The van der Waals surface area contributed by atoms with Crippen LogP contribution >= 0.6 is 0 Å². The van der Waals surface area contributed by atoms with Gasteiger partial charge in [0.25, 0.3) is 0 Å². The molecule has 0 atom stereocenters. The zero-order valence-electron chi connectivity index (χ0n) is 9.45. The molecule has 0 aromatic carbocycles. The Labute approximate surface area is 99.3 Å². The Morgan fingerprint density at radius 2 is 1.94 bits per heavy atom. The van der Waals surface area contributed by atoms with Crippen molar-refractivity contribution in [1.29, 1.82) is 0 Å². The number of piperazine rings is 1. The highest BCUT2D eigenvalue weighted by Crippen LogP contribution is 2.16. The van der Waals surface area contributed by atoms with Crippen molar-refractivity contribution in [2.24, 2.45) is 0 Å². The molecule has 0 aliphatic carbocycles. The van der Waals surface area contributed by atoms with Crippen molar-refractivity contribution in [3.05, 3.63) is 31.0 Å². The van der Waals surface area contributed by atoms with Crippen molar-refractivity contribution >= 4 is 11.5 Å². The molecular weight excluding hydrogens is 216 g/mol. The maximum atomic E-state index is 4.27. The second-order valence-corrected chi connectivity index (χ2v) is 4.00. The van der Waals surface area contributed by atoms with Crippen molar-refractivity contribution in [1.82, 2.24) is 20.2 Å². The van der Waals surface area contributed by atoms with Crippen molar-refractivity contribution in [3.63, 3.8) is 0 Å². The van der Waals surface area contributed by atoms with Crippen LogP contribution in [0.25, 0.3) is 0 Å². The van der Waals surface area contributed by atoms with Gasteiger partial charge >= 0.3 is 0 Å². The Morgan fingerprint density at radius 3 is 2.59 bits per heavy atom. The molecule has 88 valence electrons. The van der Waals surface area contributed by atoms with E-state index in [0.717, 1.165) is 37.7 Å². The zero-order valence-corrected chi connectivity index (χ0v) is 9.45. The van der Waals surface area contributed by atoms with Crippen LogP contribution in [0.1, 0.15) is 0 Å². The third-order valence-corrected chi connectivity index (χ3v) is 3.02. The standard InChI is InChI=1S/C11H14N6/c1-2-12-9-13-11(1)17-5-3-16(4-6-17)10-7-14-15-8-10/h1-2,7-9H,3-6H2,(H,14,15). The highest BCUT2D eigenvalue weighted by Gasteiger charge is 2.18. The van der Waals surface area contributed by atoms with Crippen molar-refractivity contribution < 1.29 is 0 Å². The topological polar surface area (TPSA) is 60.9 Å². The van der Waals surface area contributed by atoms with Crippen LogP contribution in [0.15, 0.2) is 31.0 Å². The van der Waals surface area contributed by atoms with E-state index in [1.165, 1.54) is 0 Å². The lowest BCUT2D eigenvalue weighted by Gasteiger charge is -2.35. The fourth-order valence-corrected chi connectivity index (χ4v) is 2.08. The van der Waals surface area contributed by atoms with Gasteiger partial charge < -0.3 is 9.80 Å². The molecule has 17 heavy (non-hydrogen) atoms. The van der Waals surface area contributed by atoms with E-state index in [4.69, 9.17) is 0 Å². The Morgan fingerprint density at radius 1 is 1.12 bits per heavy atom. The summed E-state index contributed by atoms with van der Waals surface area (Å²) in [6.45, 7) is 3.93. The van der Waals surface area contributed by atoms with Gasteiger partial charge in [0.15, 0.2) is 0 Å². The first-order chi connectivity index (χ1) is 8.43. The molecule has 0 bridgehead atoms. The van der Waals surface area contributed by atoms with E-state index in [-0.39, 0.29) is 0 Å². The van der Waals surface area contributed by atoms with E-state index >= 15 is 0 Å². The first kappa shape index (κ1) is 10.1. The van der Waals surface area contributed by atoms with Crippen molar-refractivity contribution in [3.8, 4) is 0 Å². The van der Waals surface area contributed by atoms with Gasteiger partial charge in [0.1, 0.15) is 12.1 Å². The fourth-order valence-electron chi connectivity index (χ4n) is 2.08. The normalized spacial score (nSPS) is 16.2. The SMILES string of the molecule is c1cc(N2CCN(c3cn[nH]c3)CC2)ncn1. The minimum Gasteiger partial charge on any atom is -0.365 e. The second-order valence-electron chi connectivity index (χ2n) is 4.00. The zero-order chi connectivity index (χ0) is 11.5. The van der Waals surface area contributed by atoms with Gasteiger partial charge in [0, 0.05) is 38.6 Å². The number of hydrogen-bond acceptors (Lipinski definition) is 5. The van der Waals surface area contributed by atoms with Crippen LogP contribution in [0.2, 0.25) is 0 Å². The van der Waals surface area contributed by atoms with Crippen LogP contribution in [0, 0.1) is 0 Å². The minimum absolute atomic E-state index is 0.974. The van der Waals surface area contributed by atoms with Crippen LogP contribution in [0.5, 0.6) is 0 Å². The third kappa shape index (κ3) is 2.06. The van der Waals surface area contributed by atoms with Gasteiger partial charge in [-0.15, -0.1) is 0 Å². The summed E-state index contributed by atoms with van der Waals surface area (Å²) in [5.74, 6) is 1.01. The molecule has 1 aliphatic heterocycles. The molecule has 6 heteroatoms. The van der Waals surface area contributed by atoms with Crippen LogP contribution < -0.4 is 9.80 Å². The van der Waals surface area contributed by atoms with Gasteiger partial charge in [-0.25, -0.2) is 9.97 Å². The maximum Gasteiger partial charge on any atom is 0.132 e. The molecule has 3 rings (SSSR count). The quantitative estimate of drug-likeness (QED) is 0.815. The highest BCUT2D eigenvalue weighted by atomic mass is 15.3. The number of rotatable bonds is 2. The molecule has 0 radical (unpaired) electrons. The number of nitrogens with zero attached hydrogens (tertiary/aromatic N) is 5. The average Bonchev–Trinajstić information content (AvgIpc) is 2.94. The van der Waals surface area contributed by atoms with E-state index in [9.17, 15) is 0 Å². The molecular formula is C11H14N6. The molecule has 3 heterocycles. The molecule has 0 unspecified atom stereocenters. The van der Waals surface area contributed by atoms with Gasteiger partial charge in [-0.05, 0) is 6.07 Å². The summed E-state index contributed by atoms with van der Waals surface area (Å²) in [6, 6.07) is 1.95. The van der Waals surface area contributed by atoms with Crippen molar-refractivity contribution in [2.45, 2.75) is 0 Å². The van der Waals surface area contributed by atoms with Gasteiger partial charge in [-0.3, -0.25) is 5.10 Å². The van der Waals surface area contributed by atoms with Crippen LogP contribution in [0.4, 0.5) is 11.5 Å². The number of aromatic nitrogens is 4. The van der Waals surface area contributed by atoms with E-state index in [1.807, 2.05) is 18.5 Å². The number of aromatic amines is 1. The monoisotopic (exact) mass is 230 g/mol. The Kier molecular flexibility index (Phi) is 2.61. The minimum atomic E-state index is 0.974. The summed E-state index contributed by atoms with van der Waals surface area (Å²) in [5, 5.41) is 6.82. The average molecular weight is 230 g/mol. The number of nitrogens with one attached hydrogen (secondary N) is 1. The van der Waals surface area contributed by atoms with Crippen LogP contribution in [0.3, 0.4) is 0 Å². The van der Waals surface area contributed by atoms with Gasteiger partial charge in [0.05, 0.1) is 11.9 Å². The summed E-state index contributed by atoms with van der Waals surface area (Å²) in [7, 11) is 0. The molecule has 0 amide bonds.